The lowest BCUT2D eigenvalue weighted by molar-refractivity contribution is -0.385. The molecule has 100 heavy (non-hydrogen) atoms. The lowest BCUT2D eigenvalue weighted by atomic mass is 9.89. The highest BCUT2D eigenvalue weighted by Crippen LogP contribution is 2.25. The molecule has 5 aromatic rings. The molecule has 0 aromatic heterocycles. The van der Waals surface area contributed by atoms with Crippen molar-refractivity contribution in [3.8, 4) is 17.2 Å². The summed E-state index contributed by atoms with van der Waals surface area (Å²) in [5.74, 6) is -3.32. The first-order chi connectivity index (χ1) is 47.5. The normalized spacial score (nSPS) is 11.6. The fourth-order valence-corrected chi connectivity index (χ4v) is 8.96. The molecule has 0 aliphatic carbocycles. The maximum absolute atomic E-state index is 13.3. The molecule has 0 saturated carbocycles. The third kappa shape index (κ3) is 32.2. The summed E-state index contributed by atoms with van der Waals surface area (Å²) in [7, 11) is 0. The molecule has 5 rings (SSSR count). The van der Waals surface area contributed by atoms with Crippen molar-refractivity contribution >= 4 is 88.0 Å². The number of nitrogens with two attached hydrogens (primary N) is 2. The number of aliphatic hydroxyl groups is 1. The number of carbonyl (C=O) groups excluding carboxylic acids is 10. The van der Waals surface area contributed by atoms with Crippen molar-refractivity contribution in [2.45, 2.75) is 117 Å². The van der Waals surface area contributed by atoms with Crippen LogP contribution in [0.4, 0.5) is 47.6 Å². The number of benzene rings is 5. The molecule has 8 amide bonds. The number of nitrogens with zero attached hydrogens (tertiary/aromatic N) is 3. The number of carbonyl (C=O) groups is 10. The average Bonchev–Trinajstić information content (AvgIpc) is 0.914. The van der Waals surface area contributed by atoms with Gasteiger partial charge < -0.3 is 67.4 Å². The second-order valence-corrected chi connectivity index (χ2v) is 22.7. The molecule has 0 spiro atoms. The first kappa shape index (κ1) is 82.3. The first-order valence-corrected chi connectivity index (χ1v) is 31.3. The topological polar surface area (TPSA) is 481 Å². The summed E-state index contributed by atoms with van der Waals surface area (Å²) < 4.78 is 19.7. The van der Waals surface area contributed by atoms with E-state index in [1.165, 1.54) is 72.8 Å². The number of rotatable bonds is 37. The van der Waals surface area contributed by atoms with Crippen LogP contribution >= 0.6 is 0 Å². The van der Waals surface area contributed by atoms with E-state index in [-0.39, 0.29) is 134 Å². The third-order valence-corrected chi connectivity index (χ3v) is 14.2. The Labute approximate surface area is 575 Å². The number of nitrogens with one attached hydrogen (secondary N) is 6. The number of urea groups is 2. The smallest absolute Gasteiger partial charge is 0.429 e. The van der Waals surface area contributed by atoms with Crippen molar-refractivity contribution < 1.29 is 86.8 Å². The van der Waals surface area contributed by atoms with Crippen LogP contribution in [-0.2, 0) is 46.7 Å². The van der Waals surface area contributed by atoms with Gasteiger partial charge in [0.05, 0.1) is 33.5 Å². The van der Waals surface area contributed by atoms with Crippen LogP contribution in [0.25, 0.3) is 0 Å². The highest BCUT2D eigenvalue weighted by atomic mass is 16.7. The summed E-state index contributed by atoms with van der Waals surface area (Å²) in [6.07, 6.45) is 3.89. The van der Waals surface area contributed by atoms with E-state index in [0.717, 1.165) is 0 Å². The molecule has 0 saturated heterocycles. The lowest BCUT2D eigenvalue weighted by Gasteiger charge is -2.24. The van der Waals surface area contributed by atoms with Crippen LogP contribution in [0, 0.1) is 54.0 Å². The molecule has 32 heteroatoms. The summed E-state index contributed by atoms with van der Waals surface area (Å²) in [6, 6.07) is 25.0. The quantitative estimate of drug-likeness (QED) is 0.00446. The zero-order valence-corrected chi connectivity index (χ0v) is 55.6. The van der Waals surface area contributed by atoms with Gasteiger partial charge in [-0.25, -0.2) is 19.2 Å². The summed E-state index contributed by atoms with van der Waals surface area (Å²) in [5.41, 5.74) is 12.0. The monoisotopic (exact) mass is 1390 g/mol. The Hall–Kier alpha value is -12.0. The van der Waals surface area contributed by atoms with E-state index in [0.29, 0.717) is 54.6 Å². The SMILES string of the molecule is C=CCCC(=O)N[C@H](C(=O)C[C@@H](CCCNC(N)=O)C(=O)Nc1ccc(CO)cc1)C(C)C.C=CCCC(=O)N[C@H](C(=O)C[C@@H](CCCNC(N)=O)C(=O)Nc1ccc(COC(=O)Oc2ccc([N+](=O)[O-])cc2)cc1)C(C)C.O=C(Oc1ccc([N+](=O)[O-])cc1)Oc1ccc([N+](=O)[O-])cc1. The molecule has 0 aliphatic rings. The van der Waals surface area contributed by atoms with Gasteiger partial charge >= 0.3 is 24.4 Å². The minimum atomic E-state index is -1.07. The Bertz CT molecular complexity index is 3530. The zero-order chi connectivity index (χ0) is 74.3. The van der Waals surface area contributed by atoms with Gasteiger partial charge in [0.1, 0.15) is 23.9 Å². The van der Waals surface area contributed by atoms with Crippen LogP contribution in [0.15, 0.2) is 147 Å². The molecule has 0 fully saturated rings. The Balaban J connectivity index is 0.000000414. The highest BCUT2D eigenvalue weighted by molar-refractivity contribution is 5.98. The number of Topliss-reactive ketones (excluding diaryl/α,β-unsaturated/α-hetero) is 2. The maximum Gasteiger partial charge on any atom is 0.519 e. The number of anilines is 2. The number of primary amides is 2. The molecule has 0 unspecified atom stereocenters. The summed E-state index contributed by atoms with van der Waals surface area (Å²) in [5, 5.41) is 56.9. The van der Waals surface area contributed by atoms with Crippen molar-refractivity contribution in [2.75, 3.05) is 23.7 Å². The number of aliphatic hydroxyl groups excluding tert-OH is 1. The van der Waals surface area contributed by atoms with Crippen molar-refractivity contribution in [3.05, 3.63) is 188 Å². The summed E-state index contributed by atoms with van der Waals surface area (Å²) in [4.78, 5) is 152. The number of hydrogen-bond donors (Lipinski definition) is 9. The predicted octanol–water partition coefficient (Wildman–Crippen LogP) is 9.71. The standard InChI is InChI=1S/C31H39N5O9.C24H36N4O5.C13H8N2O7/c1-4-5-8-27(38)35-28(20(2)3)26(37)18-22(7-6-17-33-30(32)40)29(39)34-23-11-9-21(10-12-23)19-44-31(41)45-25-15-13-24(14-16-25)36(42)43;1-4-5-8-21(31)28-22(16(2)3)20(30)14-18(7-6-13-26-24(25)33)23(32)27-19-11-9-17(15-29)10-12-19;16-13(21-11-5-1-9(2-6-11)14(17)18)22-12-7-3-10(4-8-12)15(19)20/h4,9-16,20,22,28H,1,5-8,17-19H2,2-3H3,(H,34,39)(H,35,38)(H3,32,33,40);4,9-12,16,18,22,29H,1,5-8,13-15H2,2-3H3,(H,27,32)(H,28,31)(H3,25,26,33);1-8H/t22-,28+;18-,22+;/m11./s1. The van der Waals surface area contributed by atoms with Crippen molar-refractivity contribution in [2.24, 2.45) is 35.1 Å². The second kappa shape index (κ2) is 44.0. The van der Waals surface area contributed by atoms with E-state index in [2.05, 4.69) is 45.1 Å². The summed E-state index contributed by atoms with van der Waals surface area (Å²) >= 11 is 0. The first-order valence-electron chi connectivity index (χ1n) is 31.3. The molecular formula is C68H83N11O21. The molecule has 0 heterocycles. The van der Waals surface area contributed by atoms with E-state index in [4.69, 9.17) is 35.5 Å². The van der Waals surface area contributed by atoms with Crippen LogP contribution in [0.2, 0.25) is 0 Å². The van der Waals surface area contributed by atoms with Crippen LogP contribution in [0.3, 0.4) is 0 Å². The number of nitro groups is 3. The number of non-ortho nitro benzene ring substituents is 3. The van der Waals surface area contributed by atoms with Crippen molar-refractivity contribution in [1.82, 2.24) is 21.3 Å². The lowest BCUT2D eigenvalue weighted by Crippen LogP contribution is -2.45. The van der Waals surface area contributed by atoms with E-state index in [1.54, 1.807) is 60.7 Å². The van der Waals surface area contributed by atoms with Gasteiger partial charge in [0.25, 0.3) is 17.1 Å². The van der Waals surface area contributed by atoms with Crippen molar-refractivity contribution in [3.63, 3.8) is 0 Å². The zero-order valence-electron chi connectivity index (χ0n) is 55.6. The highest BCUT2D eigenvalue weighted by Gasteiger charge is 2.31. The number of nitro benzene ring substituents is 3. The summed E-state index contributed by atoms with van der Waals surface area (Å²) in [6.45, 7) is 14.7. The molecular weight excluding hydrogens is 1310 g/mol. The van der Waals surface area contributed by atoms with E-state index < -0.39 is 69.0 Å². The van der Waals surface area contributed by atoms with E-state index in [9.17, 15) is 78.3 Å². The molecule has 4 atom stereocenters. The van der Waals surface area contributed by atoms with Gasteiger partial charge in [-0.15, -0.1) is 13.2 Å². The fraction of sp³-hybridized carbons (Fsp3) is 0.353. The Morgan fingerprint density at radius 1 is 0.500 bits per heavy atom. The van der Waals surface area contributed by atoms with Crippen LogP contribution in [-0.4, -0.2) is 105 Å². The van der Waals surface area contributed by atoms with Gasteiger partial charge in [-0.05, 0) is 122 Å². The number of ether oxygens (including phenoxy) is 4. The number of amides is 8. The third-order valence-electron chi connectivity index (χ3n) is 14.2. The van der Waals surface area contributed by atoms with E-state index >= 15 is 0 Å². The Morgan fingerprint density at radius 2 is 0.830 bits per heavy atom. The Morgan fingerprint density at radius 3 is 1.13 bits per heavy atom. The average molecular weight is 1390 g/mol. The number of hydrogen-bond acceptors (Lipinski definition) is 21. The molecule has 0 aliphatic heterocycles. The number of ketones is 2. The van der Waals surface area contributed by atoms with Crippen LogP contribution in [0.5, 0.6) is 17.2 Å². The van der Waals surface area contributed by atoms with Gasteiger partial charge in [-0.3, -0.25) is 59.1 Å². The minimum Gasteiger partial charge on any atom is -0.429 e. The van der Waals surface area contributed by atoms with Gasteiger partial charge in [0.15, 0.2) is 11.6 Å². The second-order valence-electron chi connectivity index (χ2n) is 22.7. The van der Waals surface area contributed by atoms with Gasteiger partial charge in [-0.2, -0.15) is 0 Å². The minimum absolute atomic E-state index is 0.0539. The van der Waals surface area contributed by atoms with Crippen LogP contribution in [0.1, 0.15) is 103 Å². The number of allylic oxidation sites excluding steroid dienone is 2. The molecule has 11 N–H and O–H groups in total. The van der Waals surface area contributed by atoms with Gasteiger partial charge in [-0.1, -0.05) is 64.1 Å². The maximum atomic E-state index is 13.3. The van der Waals surface area contributed by atoms with Gasteiger partial charge in [0, 0.05) is 98.4 Å². The van der Waals surface area contributed by atoms with E-state index in [1.807, 2.05) is 27.7 Å². The van der Waals surface area contributed by atoms with Gasteiger partial charge in [0.2, 0.25) is 23.6 Å². The van der Waals surface area contributed by atoms with Crippen LogP contribution < -0.4 is 57.6 Å². The largest absolute Gasteiger partial charge is 0.519 e. The molecule has 5 aromatic carbocycles. The molecule has 536 valence electrons. The fourth-order valence-electron chi connectivity index (χ4n) is 8.96. The molecule has 32 nitrogen and oxygen atoms in total. The van der Waals surface area contributed by atoms with Crippen molar-refractivity contribution in [1.29, 1.82) is 0 Å². The predicted molar refractivity (Wildman–Crippen MR) is 365 cm³/mol. The molecule has 0 radical (unpaired) electrons. The molecule has 0 bridgehead atoms. The Kier molecular flexibility index (Phi) is 36.2.